The Morgan fingerprint density at radius 3 is 2.33 bits per heavy atom. The van der Waals surface area contributed by atoms with Crippen molar-refractivity contribution in [3.05, 3.63) is 70.5 Å². The molecular weight excluding hydrogens is 277 g/mol. The van der Waals surface area contributed by atoms with Crippen LogP contribution in [0.25, 0.3) is 0 Å². The summed E-state index contributed by atoms with van der Waals surface area (Å²) in [7, 11) is 0. The van der Waals surface area contributed by atoms with Crippen molar-refractivity contribution in [2.45, 2.75) is 13.0 Å². The molecule has 0 aromatic heterocycles. The van der Waals surface area contributed by atoms with E-state index in [1.807, 2.05) is 6.07 Å². The van der Waals surface area contributed by atoms with Gasteiger partial charge in [0.1, 0.15) is 17.5 Å². The van der Waals surface area contributed by atoms with E-state index in [4.69, 9.17) is 5.26 Å². The van der Waals surface area contributed by atoms with Crippen molar-refractivity contribution < 1.29 is 13.2 Å². The van der Waals surface area contributed by atoms with Crippen LogP contribution in [0.2, 0.25) is 0 Å². The summed E-state index contributed by atoms with van der Waals surface area (Å²) < 4.78 is 39.1. The second kappa shape index (κ2) is 6.91. The average Bonchev–Trinajstić information content (AvgIpc) is 2.43. The number of benzene rings is 2. The molecule has 0 radical (unpaired) electrons. The van der Waals surface area contributed by atoms with Gasteiger partial charge in [0.15, 0.2) is 0 Å². The highest BCUT2D eigenvalue weighted by molar-refractivity contribution is 5.37. The first kappa shape index (κ1) is 15.1. The molecule has 0 atom stereocenters. The highest BCUT2D eigenvalue weighted by Gasteiger charge is 2.04. The van der Waals surface area contributed by atoms with Crippen LogP contribution < -0.4 is 5.32 Å². The molecule has 108 valence electrons. The van der Waals surface area contributed by atoms with Crippen molar-refractivity contribution in [3.8, 4) is 6.07 Å². The Bertz CT molecular complexity index is 657. The van der Waals surface area contributed by atoms with Crippen molar-refractivity contribution in [1.29, 1.82) is 5.26 Å². The van der Waals surface area contributed by atoms with Crippen LogP contribution in [-0.4, -0.2) is 6.54 Å². The monoisotopic (exact) mass is 290 g/mol. The van der Waals surface area contributed by atoms with Crippen LogP contribution in [0.1, 0.15) is 16.7 Å². The summed E-state index contributed by atoms with van der Waals surface area (Å²) in [5.74, 6) is -1.62. The molecule has 21 heavy (non-hydrogen) atoms. The zero-order chi connectivity index (χ0) is 15.2. The fourth-order valence-electron chi connectivity index (χ4n) is 2.03. The highest BCUT2D eigenvalue weighted by atomic mass is 19.1. The van der Waals surface area contributed by atoms with Crippen molar-refractivity contribution in [3.63, 3.8) is 0 Å². The zero-order valence-corrected chi connectivity index (χ0v) is 11.2. The molecule has 1 N–H and O–H groups in total. The van der Waals surface area contributed by atoms with Crippen LogP contribution in [-0.2, 0) is 13.0 Å². The first-order valence-corrected chi connectivity index (χ1v) is 6.42. The van der Waals surface area contributed by atoms with Gasteiger partial charge in [0.05, 0.1) is 11.6 Å². The summed E-state index contributed by atoms with van der Waals surface area (Å²) in [4.78, 5) is 0. The molecule has 0 aliphatic rings. The second-order valence-corrected chi connectivity index (χ2v) is 4.62. The van der Waals surface area contributed by atoms with E-state index in [1.54, 1.807) is 0 Å². The Kier molecular flexibility index (Phi) is 4.96. The van der Waals surface area contributed by atoms with Crippen LogP contribution in [0.3, 0.4) is 0 Å². The van der Waals surface area contributed by atoms with Crippen molar-refractivity contribution in [2.24, 2.45) is 0 Å². The standard InChI is InChI=1S/C16H13F3N2/c17-14-2-1-12(9-20)13(7-14)10-21-4-3-11-5-15(18)8-16(19)6-11/h1-2,5-8,21H,3-4,10H2. The van der Waals surface area contributed by atoms with Gasteiger partial charge < -0.3 is 5.32 Å². The summed E-state index contributed by atoms with van der Waals surface area (Å²) in [5, 5.41) is 11.9. The quantitative estimate of drug-likeness (QED) is 0.858. The predicted molar refractivity (Wildman–Crippen MR) is 72.9 cm³/mol. The summed E-state index contributed by atoms with van der Waals surface area (Å²) >= 11 is 0. The van der Waals surface area contributed by atoms with Gasteiger partial charge in [-0.2, -0.15) is 5.26 Å². The lowest BCUT2D eigenvalue weighted by molar-refractivity contribution is 0.577. The molecule has 2 nitrogen and oxygen atoms in total. The Morgan fingerprint density at radius 2 is 1.67 bits per heavy atom. The molecule has 2 aromatic rings. The van der Waals surface area contributed by atoms with E-state index in [-0.39, 0.29) is 0 Å². The molecule has 2 rings (SSSR count). The van der Waals surface area contributed by atoms with Gasteiger partial charge in [0.2, 0.25) is 0 Å². The van der Waals surface area contributed by atoms with E-state index < -0.39 is 17.5 Å². The minimum atomic E-state index is -0.609. The maximum absolute atomic E-state index is 13.1. The molecule has 5 heteroatoms. The summed E-state index contributed by atoms with van der Waals surface area (Å²) in [6, 6.07) is 9.31. The maximum atomic E-state index is 13.1. The van der Waals surface area contributed by atoms with Crippen LogP contribution in [0, 0.1) is 28.8 Å². The highest BCUT2D eigenvalue weighted by Crippen LogP contribution is 2.11. The average molecular weight is 290 g/mol. The van der Waals surface area contributed by atoms with E-state index in [9.17, 15) is 13.2 Å². The zero-order valence-electron chi connectivity index (χ0n) is 11.2. The molecule has 0 heterocycles. The third-order valence-electron chi connectivity index (χ3n) is 3.02. The number of hydrogen-bond acceptors (Lipinski definition) is 2. The predicted octanol–water partition coefficient (Wildman–Crippen LogP) is 3.31. The lowest BCUT2D eigenvalue weighted by Crippen LogP contribution is -2.17. The number of nitrogens with one attached hydrogen (secondary N) is 1. The van der Waals surface area contributed by atoms with E-state index in [0.717, 1.165) is 6.07 Å². The first-order valence-electron chi connectivity index (χ1n) is 6.42. The number of halogens is 3. The Balaban J connectivity index is 1.90. The van der Waals surface area contributed by atoms with E-state index in [0.29, 0.717) is 36.2 Å². The van der Waals surface area contributed by atoms with Crippen molar-refractivity contribution >= 4 is 0 Å². The first-order chi connectivity index (χ1) is 10.1. The van der Waals surface area contributed by atoms with Gasteiger partial charge in [-0.3, -0.25) is 0 Å². The van der Waals surface area contributed by atoms with Gasteiger partial charge in [-0.05, 0) is 54.4 Å². The minimum Gasteiger partial charge on any atom is -0.312 e. The molecular formula is C16H13F3N2. The smallest absolute Gasteiger partial charge is 0.126 e. The van der Waals surface area contributed by atoms with Gasteiger partial charge in [-0.15, -0.1) is 0 Å². The molecule has 0 unspecified atom stereocenters. The molecule has 0 fully saturated rings. The Labute approximate surface area is 120 Å². The lowest BCUT2D eigenvalue weighted by atomic mass is 10.1. The van der Waals surface area contributed by atoms with E-state index >= 15 is 0 Å². The minimum absolute atomic E-state index is 0.318. The third kappa shape index (κ3) is 4.33. The number of hydrogen-bond donors (Lipinski definition) is 1. The van der Waals surface area contributed by atoms with Crippen molar-refractivity contribution in [1.82, 2.24) is 5.32 Å². The SMILES string of the molecule is N#Cc1ccc(F)cc1CNCCc1cc(F)cc(F)c1. The molecule has 2 aromatic carbocycles. The maximum Gasteiger partial charge on any atom is 0.126 e. The second-order valence-electron chi connectivity index (χ2n) is 4.62. The molecule has 0 saturated carbocycles. The van der Waals surface area contributed by atoms with Gasteiger partial charge in [0.25, 0.3) is 0 Å². The molecule has 0 spiro atoms. The molecule has 0 aliphatic carbocycles. The summed E-state index contributed by atoms with van der Waals surface area (Å²) in [6.07, 6.45) is 0.436. The van der Waals surface area contributed by atoms with Gasteiger partial charge in [0, 0.05) is 12.6 Å². The van der Waals surface area contributed by atoms with Gasteiger partial charge >= 0.3 is 0 Å². The fraction of sp³-hybridized carbons (Fsp3) is 0.188. The van der Waals surface area contributed by atoms with Gasteiger partial charge in [-0.25, -0.2) is 13.2 Å². The van der Waals surface area contributed by atoms with Crippen LogP contribution in [0.4, 0.5) is 13.2 Å². The van der Waals surface area contributed by atoms with E-state index in [2.05, 4.69) is 5.32 Å². The lowest BCUT2D eigenvalue weighted by Gasteiger charge is -2.07. The van der Waals surface area contributed by atoms with E-state index in [1.165, 1.54) is 30.3 Å². The summed E-state index contributed by atoms with van der Waals surface area (Å²) in [6.45, 7) is 0.780. The topological polar surface area (TPSA) is 35.8 Å². The molecule has 0 bridgehead atoms. The largest absolute Gasteiger partial charge is 0.312 e. The molecule has 0 saturated heterocycles. The van der Waals surface area contributed by atoms with Crippen molar-refractivity contribution in [2.75, 3.05) is 6.54 Å². The fourth-order valence-corrected chi connectivity index (χ4v) is 2.03. The molecule has 0 amide bonds. The van der Waals surface area contributed by atoms with Crippen LogP contribution in [0.5, 0.6) is 0 Å². The number of nitriles is 1. The molecule has 0 aliphatic heterocycles. The number of nitrogens with zero attached hydrogens (tertiary/aromatic N) is 1. The third-order valence-corrected chi connectivity index (χ3v) is 3.02. The number of rotatable bonds is 5. The normalized spacial score (nSPS) is 10.4. The van der Waals surface area contributed by atoms with Gasteiger partial charge in [-0.1, -0.05) is 0 Å². The van der Waals surface area contributed by atoms with Crippen LogP contribution in [0.15, 0.2) is 36.4 Å². The Morgan fingerprint density at radius 1 is 0.952 bits per heavy atom. The van der Waals surface area contributed by atoms with Crippen LogP contribution >= 0.6 is 0 Å². The Hall–Kier alpha value is -2.32. The summed E-state index contributed by atoms with van der Waals surface area (Å²) in [5.41, 5.74) is 1.50.